The summed E-state index contributed by atoms with van der Waals surface area (Å²) in [6.45, 7) is 0. The molecule has 1 N–H and O–H groups in total. The zero-order valence-corrected chi connectivity index (χ0v) is 14.6. The summed E-state index contributed by atoms with van der Waals surface area (Å²) in [5.41, 5.74) is 0.519. The zero-order valence-electron chi connectivity index (χ0n) is 13.0. The Bertz CT molecular complexity index is 1120. The van der Waals surface area contributed by atoms with Crippen molar-refractivity contribution in [3.63, 3.8) is 0 Å². The molecular formula is C19H13ClN2O2S. The van der Waals surface area contributed by atoms with Crippen molar-refractivity contribution in [2.24, 2.45) is 0 Å². The van der Waals surface area contributed by atoms with Gasteiger partial charge in [-0.15, -0.1) is 0 Å². The summed E-state index contributed by atoms with van der Waals surface area (Å²) < 4.78 is 25.5. The van der Waals surface area contributed by atoms with Crippen molar-refractivity contribution in [1.29, 1.82) is 5.26 Å². The molecule has 0 saturated heterocycles. The van der Waals surface area contributed by atoms with E-state index in [1.165, 1.54) is 6.07 Å². The van der Waals surface area contributed by atoms with Crippen molar-refractivity contribution >= 4 is 37.9 Å². The van der Waals surface area contributed by atoms with Crippen LogP contribution < -0.4 is 5.32 Å². The molecule has 0 aliphatic rings. The second-order valence-corrected chi connectivity index (χ2v) is 7.58. The lowest BCUT2D eigenvalue weighted by atomic mass is 10.1. The molecular weight excluding hydrogens is 356 g/mol. The molecule has 0 atom stereocenters. The quantitative estimate of drug-likeness (QED) is 0.675. The minimum absolute atomic E-state index is 0.0694. The predicted octanol–water partition coefficient (Wildman–Crippen LogP) is 4.74. The molecule has 0 radical (unpaired) electrons. The summed E-state index contributed by atoms with van der Waals surface area (Å²) in [6, 6.07) is 20.8. The molecule has 4 nitrogen and oxygen atoms in total. The van der Waals surface area contributed by atoms with Gasteiger partial charge in [-0.1, -0.05) is 54.1 Å². The molecule has 0 saturated carbocycles. The van der Waals surface area contributed by atoms with E-state index >= 15 is 0 Å². The molecule has 124 valence electrons. The van der Waals surface area contributed by atoms with Gasteiger partial charge in [0.1, 0.15) is 6.07 Å². The van der Waals surface area contributed by atoms with E-state index < -0.39 is 9.84 Å². The number of para-hydroxylation sites is 1. The van der Waals surface area contributed by atoms with E-state index in [1.807, 2.05) is 24.3 Å². The second-order valence-electron chi connectivity index (χ2n) is 5.26. The fourth-order valence-electron chi connectivity index (χ4n) is 2.35. The van der Waals surface area contributed by atoms with Crippen LogP contribution in [0.15, 0.2) is 82.7 Å². The molecule has 0 aromatic heterocycles. The number of anilines is 1. The van der Waals surface area contributed by atoms with Crippen LogP contribution in [0.25, 0.3) is 10.8 Å². The molecule has 0 heterocycles. The van der Waals surface area contributed by atoms with Crippen LogP contribution in [0.3, 0.4) is 0 Å². The Morgan fingerprint density at radius 1 is 1.00 bits per heavy atom. The van der Waals surface area contributed by atoms with E-state index in [-0.39, 0.29) is 9.80 Å². The third-order valence-electron chi connectivity index (χ3n) is 3.66. The SMILES string of the molecule is N#C/C(=C\Nc1ccccc1Cl)S(=O)(=O)c1ccc2ccccc2c1. The molecule has 3 aromatic carbocycles. The van der Waals surface area contributed by atoms with Crippen molar-refractivity contribution < 1.29 is 8.42 Å². The van der Waals surface area contributed by atoms with Crippen molar-refractivity contribution in [3.05, 3.63) is 82.9 Å². The van der Waals surface area contributed by atoms with Gasteiger partial charge in [0.05, 0.1) is 15.6 Å². The Hall–Kier alpha value is -2.81. The first-order chi connectivity index (χ1) is 12.0. The largest absolute Gasteiger partial charge is 0.359 e. The van der Waals surface area contributed by atoms with Crippen molar-refractivity contribution in [2.45, 2.75) is 4.90 Å². The zero-order chi connectivity index (χ0) is 17.9. The van der Waals surface area contributed by atoms with Gasteiger partial charge >= 0.3 is 0 Å². The standard InChI is InChI=1S/C19H13ClN2O2S/c20-18-7-3-4-8-19(18)22-13-17(12-21)25(23,24)16-10-9-14-5-1-2-6-15(14)11-16/h1-11,13,22H/b17-13+. The maximum absolute atomic E-state index is 12.7. The Kier molecular flexibility index (Phi) is 4.75. The average Bonchev–Trinajstić information content (AvgIpc) is 2.63. The summed E-state index contributed by atoms with van der Waals surface area (Å²) in [5.74, 6) is 0. The molecule has 0 unspecified atom stereocenters. The number of nitrogens with one attached hydrogen (secondary N) is 1. The number of nitrogens with zero attached hydrogens (tertiary/aromatic N) is 1. The molecule has 3 aromatic rings. The van der Waals surface area contributed by atoms with E-state index in [1.54, 1.807) is 42.5 Å². The number of hydrogen-bond donors (Lipinski definition) is 1. The predicted molar refractivity (Wildman–Crippen MR) is 99.9 cm³/mol. The first-order valence-electron chi connectivity index (χ1n) is 7.37. The number of sulfone groups is 1. The molecule has 0 amide bonds. The number of allylic oxidation sites excluding steroid dienone is 1. The van der Waals surface area contributed by atoms with E-state index in [9.17, 15) is 13.7 Å². The van der Waals surface area contributed by atoms with Crippen LogP contribution in [-0.4, -0.2) is 8.42 Å². The van der Waals surface area contributed by atoms with Gasteiger partial charge in [0.25, 0.3) is 0 Å². The number of rotatable bonds is 4. The highest BCUT2D eigenvalue weighted by Crippen LogP contribution is 2.25. The number of benzene rings is 3. The highest BCUT2D eigenvalue weighted by atomic mass is 35.5. The summed E-state index contributed by atoms with van der Waals surface area (Å²) in [4.78, 5) is -0.317. The molecule has 3 rings (SSSR count). The maximum atomic E-state index is 12.7. The number of nitriles is 1. The van der Waals surface area contributed by atoms with E-state index in [0.717, 1.165) is 17.0 Å². The van der Waals surface area contributed by atoms with Crippen LogP contribution >= 0.6 is 11.6 Å². The van der Waals surface area contributed by atoms with Gasteiger partial charge in [0.2, 0.25) is 9.84 Å². The van der Waals surface area contributed by atoms with Crippen molar-refractivity contribution in [1.82, 2.24) is 0 Å². The van der Waals surface area contributed by atoms with Gasteiger partial charge in [0.15, 0.2) is 4.91 Å². The maximum Gasteiger partial charge on any atom is 0.218 e. The van der Waals surface area contributed by atoms with Gasteiger partial charge in [0, 0.05) is 6.20 Å². The van der Waals surface area contributed by atoms with Crippen molar-refractivity contribution in [3.8, 4) is 6.07 Å². The topological polar surface area (TPSA) is 70.0 Å². The number of fused-ring (bicyclic) bond motifs is 1. The van der Waals surface area contributed by atoms with Gasteiger partial charge in [-0.2, -0.15) is 5.26 Å². The minimum Gasteiger partial charge on any atom is -0.359 e. The number of halogens is 1. The summed E-state index contributed by atoms with van der Waals surface area (Å²) in [6.07, 6.45) is 1.16. The van der Waals surface area contributed by atoms with E-state index in [4.69, 9.17) is 11.6 Å². The third kappa shape index (κ3) is 3.50. The Balaban J connectivity index is 1.99. The molecule has 0 aliphatic carbocycles. The van der Waals surface area contributed by atoms with Gasteiger partial charge in [-0.05, 0) is 35.0 Å². The fraction of sp³-hybridized carbons (Fsp3) is 0. The lowest BCUT2D eigenvalue weighted by Gasteiger charge is -2.07. The first-order valence-corrected chi connectivity index (χ1v) is 9.24. The van der Waals surface area contributed by atoms with Crippen LogP contribution in [0, 0.1) is 11.3 Å². The molecule has 0 aliphatic heterocycles. The molecule has 25 heavy (non-hydrogen) atoms. The Morgan fingerprint density at radius 2 is 1.68 bits per heavy atom. The van der Waals surface area contributed by atoms with Gasteiger partial charge in [-0.25, -0.2) is 8.42 Å². The van der Waals surface area contributed by atoms with Crippen LogP contribution in [-0.2, 0) is 9.84 Å². The third-order valence-corrected chi connectivity index (χ3v) is 5.66. The van der Waals surface area contributed by atoms with E-state index in [0.29, 0.717) is 10.7 Å². The van der Waals surface area contributed by atoms with Crippen LogP contribution in [0.4, 0.5) is 5.69 Å². The highest BCUT2D eigenvalue weighted by Gasteiger charge is 2.21. The van der Waals surface area contributed by atoms with Gasteiger partial charge in [-0.3, -0.25) is 0 Å². The summed E-state index contributed by atoms with van der Waals surface area (Å²) >= 11 is 6.02. The summed E-state index contributed by atoms with van der Waals surface area (Å²) in [7, 11) is -3.93. The van der Waals surface area contributed by atoms with Crippen LogP contribution in [0.5, 0.6) is 0 Å². The fourth-order valence-corrected chi connectivity index (χ4v) is 3.66. The normalized spacial score (nSPS) is 11.9. The lowest BCUT2D eigenvalue weighted by Crippen LogP contribution is -2.05. The van der Waals surface area contributed by atoms with Crippen LogP contribution in [0.2, 0.25) is 5.02 Å². The second kappa shape index (κ2) is 6.98. The van der Waals surface area contributed by atoms with E-state index in [2.05, 4.69) is 5.32 Å². The molecule has 0 fully saturated rings. The molecule has 0 spiro atoms. The lowest BCUT2D eigenvalue weighted by molar-refractivity contribution is 0.603. The van der Waals surface area contributed by atoms with Crippen LogP contribution in [0.1, 0.15) is 0 Å². The molecule has 6 heteroatoms. The minimum atomic E-state index is -3.93. The monoisotopic (exact) mass is 368 g/mol. The average molecular weight is 369 g/mol. The molecule has 0 bridgehead atoms. The Morgan fingerprint density at radius 3 is 2.40 bits per heavy atom. The van der Waals surface area contributed by atoms with Crippen molar-refractivity contribution in [2.75, 3.05) is 5.32 Å². The summed E-state index contributed by atoms with van der Waals surface area (Å²) in [5, 5.41) is 14.2. The smallest absolute Gasteiger partial charge is 0.218 e. The number of hydrogen-bond acceptors (Lipinski definition) is 4. The Labute approximate surface area is 150 Å². The first kappa shape index (κ1) is 17.0. The van der Waals surface area contributed by atoms with Gasteiger partial charge < -0.3 is 5.32 Å². The highest BCUT2D eigenvalue weighted by molar-refractivity contribution is 7.95.